The van der Waals surface area contributed by atoms with Crippen molar-refractivity contribution in [2.75, 3.05) is 13.2 Å². The zero-order valence-corrected chi connectivity index (χ0v) is 25.2. The van der Waals surface area contributed by atoms with Gasteiger partial charge in [-0.25, -0.2) is 4.39 Å². The molecule has 0 aromatic carbocycles. The Balaban J connectivity index is 1.64. The van der Waals surface area contributed by atoms with E-state index in [0.717, 1.165) is 37.7 Å². The van der Waals surface area contributed by atoms with Crippen molar-refractivity contribution in [1.29, 1.82) is 5.26 Å². The second-order valence-electron chi connectivity index (χ2n) is 15.6. The molecule has 0 radical (unpaired) electrons. The molecule has 0 unspecified atom stereocenters. The number of aliphatic hydroxyl groups is 1. The van der Waals surface area contributed by atoms with Gasteiger partial charge in [-0.15, -0.1) is 0 Å². The molecule has 0 heterocycles. The van der Waals surface area contributed by atoms with Crippen LogP contribution in [0.3, 0.4) is 0 Å². The van der Waals surface area contributed by atoms with Gasteiger partial charge in [0.15, 0.2) is 18.2 Å². The molecule has 3 saturated carbocycles. The van der Waals surface area contributed by atoms with Crippen LogP contribution in [0.15, 0.2) is 23.3 Å². The van der Waals surface area contributed by atoms with Gasteiger partial charge in [-0.1, -0.05) is 54.5 Å². The molecule has 0 aromatic heterocycles. The fourth-order valence-electron chi connectivity index (χ4n) is 10.3. The molecule has 40 heavy (non-hydrogen) atoms. The summed E-state index contributed by atoms with van der Waals surface area (Å²) in [5.41, 5.74) is -3.78. The lowest BCUT2D eigenvalue weighted by atomic mass is 9.33. The van der Waals surface area contributed by atoms with E-state index >= 15 is 0 Å². The van der Waals surface area contributed by atoms with Gasteiger partial charge in [0, 0.05) is 28.7 Å². The van der Waals surface area contributed by atoms with Crippen molar-refractivity contribution in [3.63, 3.8) is 0 Å². The van der Waals surface area contributed by atoms with E-state index in [9.17, 15) is 29.1 Å². The highest BCUT2D eigenvalue weighted by atomic mass is 19.1. The average molecular weight is 553 g/mol. The van der Waals surface area contributed by atoms with Gasteiger partial charge in [0.2, 0.25) is 0 Å². The molecule has 5 aliphatic rings. The SMILES string of the molecule is CC1(C)C(=O)C(C#N)=C[C@]2(C)C3=CC(=O)[C@]4(O)[C@@H]5C[C@@](C)(CNC(=O)CF)CC[C@]5(C)CC[C@@]4(C)[C@]3(C)CC[C@@H]12. The third-order valence-corrected chi connectivity index (χ3v) is 13.2. The number of fused-ring (bicyclic) bond motifs is 7. The van der Waals surface area contributed by atoms with Gasteiger partial charge in [-0.3, -0.25) is 14.4 Å². The van der Waals surface area contributed by atoms with Crippen molar-refractivity contribution in [2.24, 2.45) is 44.3 Å². The Hall–Kier alpha value is -2.33. The molecule has 3 fully saturated rings. The quantitative estimate of drug-likeness (QED) is 0.487. The van der Waals surface area contributed by atoms with Crippen LogP contribution >= 0.6 is 0 Å². The Bertz CT molecular complexity index is 1300. The van der Waals surface area contributed by atoms with Gasteiger partial charge in [-0.05, 0) is 78.8 Å². The third-order valence-electron chi connectivity index (χ3n) is 13.2. The summed E-state index contributed by atoms with van der Waals surface area (Å²) < 4.78 is 12.9. The molecule has 6 nitrogen and oxygen atoms in total. The normalized spacial score (nSPS) is 47.4. The van der Waals surface area contributed by atoms with Crippen LogP contribution in [0, 0.1) is 55.7 Å². The van der Waals surface area contributed by atoms with Gasteiger partial charge < -0.3 is 10.4 Å². The highest BCUT2D eigenvalue weighted by Gasteiger charge is 2.75. The van der Waals surface area contributed by atoms with E-state index < -0.39 is 39.8 Å². The first-order valence-electron chi connectivity index (χ1n) is 14.9. The van der Waals surface area contributed by atoms with Crippen molar-refractivity contribution < 1.29 is 23.9 Å². The largest absolute Gasteiger partial charge is 0.381 e. The summed E-state index contributed by atoms with van der Waals surface area (Å²) in [6.45, 7) is 13.7. The number of nitrogens with zero attached hydrogens (tertiary/aromatic N) is 1. The van der Waals surface area contributed by atoms with E-state index in [1.165, 1.54) is 0 Å². The summed E-state index contributed by atoms with van der Waals surface area (Å²) in [5.74, 6) is -1.43. The molecule has 0 saturated heterocycles. The molecule has 0 aromatic rings. The van der Waals surface area contributed by atoms with Gasteiger partial charge >= 0.3 is 0 Å². The Morgan fingerprint density at radius 2 is 1.70 bits per heavy atom. The van der Waals surface area contributed by atoms with Crippen molar-refractivity contribution in [2.45, 2.75) is 99.0 Å². The maximum Gasteiger partial charge on any atom is 0.251 e. The van der Waals surface area contributed by atoms with Crippen molar-refractivity contribution in [3.05, 3.63) is 23.3 Å². The number of hydrogen-bond donors (Lipinski definition) is 2. The van der Waals surface area contributed by atoms with Crippen LogP contribution < -0.4 is 5.32 Å². The van der Waals surface area contributed by atoms with Crippen LogP contribution in [0.4, 0.5) is 4.39 Å². The van der Waals surface area contributed by atoms with E-state index in [-0.39, 0.29) is 39.8 Å². The summed E-state index contributed by atoms with van der Waals surface area (Å²) in [4.78, 5) is 39.4. The molecule has 1 amide bonds. The summed E-state index contributed by atoms with van der Waals surface area (Å²) in [6, 6.07) is 2.13. The van der Waals surface area contributed by atoms with Gasteiger partial charge in [0.1, 0.15) is 11.7 Å². The minimum atomic E-state index is -1.60. The Morgan fingerprint density at radius 3 is 2.33 bits per heavy atom. The monoisotopic (exact) mass is 552 g/mol. The lowest BCUT2D eigenvalue weighted by Gasteiger charge is -2.71. The van der Waals surface area contributed by atoms with Crippen LogP contribution in [0.5, 0.6) is 0 Å². The number of halogens is 1. The number of alkyl halides is 1. The summed E-state index contributed by atoms with van der Waals surface area (Å²) in [6.07, 6.45) is 8.79. The Labute approximate surface area is 237 Å². The second kappa shape index (κ2) is 8.60. The maximum absolute atomic E-state index is 14.5. The highest BCUT2D eigenvalue weighted by molar-refractivity contribution is 6.05. The van der Waals surface area contributed by atoms with Crippen LogP contribution in [0.2, 0.25) is 0 Å². The van der Waals surface area contributed by atoms with Crippen LogP contribution in [0.25, 0.3) is 0 Å². The fourth-order valence-corrected chi connectivity index (χ4v) is 10.3. The molecule has 0 spiro atoms. The van der Waals surface area contributed by atoms with E-state index in [1.807, 2.05) is 19.9 Å². The molecule has 2 N–H and O–H groups in total. The molecular formula is C33H45FN2O4. The number of carbonyl (C=O) groups is 3. The van der Waals surface area contributed by atoms with E-state index in [0.29, 0.717) is 19.4 Å². The summed E-state index contributed by atoms with van der Waals surface area (Å²) in [5, 5.41) is 25.5. The number of Topliss-reactive ketones (excluding diaryl/α,β-unsaturated/α-hetero) is 1. The molecular weight excluding hydrogens is 507 g/mol. The minimum Gasteiger partial charge on any atom is -0.381 e. The lowest BCUT2D eigenvalue weighted by molar-refractivity contribution is -0.243. The standard InChI is InChI=1S/C33H45FN2O4/c1-27(2)21-8-9-31(6)22(30(21,5)15-20(18-35)26(27)39)14-24(37)33(40)23-16-28(3,19-36-25(38)17-34)10-11-29(23,4)12-13-32(31,33)7/h14-15,21,23,40H,8-13,16-17,19H2,1-7H3,(H,36,38)/t21-,23+,28-,29+,30-,31+,32-,33+/m0/s1. The van der Waals surface area contributed by atoms with Crippen LogP contribution in [-0.2, 0) is 14.4 Å². The minimum absolute atomic E-state index is 0.0579. The molecule has 218 valence electrons. The first-order chi connectivity index (χ1) is 18.4. The molecule has 8 atom stereocenters. The number of carbonyl (C=O) groups excluding carboxylic acids is 3. The van der Waals surface area contributed by atoms with E-state index in [2.05, 4.69) is 46.0 Å². The number of amides is 1. The Kier molecular flexibility index (Phi) is 6.27. The lowest BCUT2D eigenvalue weighted by Crippen LogP contribution is -2.74. The van der Waals surface area contributed by atoms with Gasteiger partial charge in [0.05, 0.1) is 5.57 Å². The zero-order chi connectivity index (χ0) is 29.7. The van der Waals surface area contributed by atoms with Gasteiger partial charge in [0.25, 0.3) is 5.91 Å². The van der Waals surface area contributed by atoms with Crippen molar-refractivity contribution in [3.8, 4) is 6.07 Å². The topological polar surface area (TPSA) is 107 Å². The summed E-state index contributed by atoms with van der Waals surface area (Å²) >= 11 is 0. The average Bonchev–Trinajstić information content (AvgIpc) is 2.90. The number of nitrogens with one attached hydrogen (secondary N) is 1. The highest BCUT2D eigenvalue weighted by Crippen LogP contribution is 2.75. The maximum atomic E-state index is 14.5. The fraction of sp³-hybridized carbons (Fsp3) is 0.758. The van der Waals surface area contributed by atoms with E-state index in [1.54, 1.807) is 6.08 Å². The second-order valence-corrected chi connectivity index (χ2v) is 15.6. The molecule has 7 heteroatoms. The number of ketones is 2. The van der Waals surface area contributed by atoms with Crippen LogP contribution in [0.1, 0.15) is 93.4 Å². The smallest absolute Gasteiger partial charge is 0.251 e. The third kappa shape index (κ3) is 3.44. The Morgan fingerprint density at radius 1 is 1.05 bits per heavy atom. The van der Waals surface area contributed by atoms with Crippen molar-refractivity contribution >= 4 is 17.5 Å². The molecule has 5 rings (SSSR count). The van der Waals surface area contributed by atoms with Crippen LogP contribution in [-0.4, -0.2) is 41.4 Å². The zero-order valence-electron chi connectivity index (χ0n) is 25.2. The van der Waals surface area contributed by atoms with Crippen molar-refractivity contribution in [1.82, 2.24) is 5.32 Å². The van der Waals surface area contributed by atoms with E-state index in [4.69, 9.17) is 0 Å². The first-order valence-corrected chi connectivity index (χ1v) is 14.9. The molecule has 0 aliphatic heterocycles. The molecule has 5 aliphatic carbocycles. The summed E-state index contributed by atoms with van der Waals surface area (Å²) in [7, 11) is 0. The predicted octanol–water partition coefficient (Wildman–Crippen LogP) is 5.41. The predicted molar refractivity (Wildman–Crippen MR) is 149 cm³/mol. The number of rotatable bonds is 3. The molecule has 0 bridgehead atoms. The number of allylic oxidation sites excluding steroid dienone is 3. The first kappa shape index (κ1) is 29.2. The number of hydrogen-bond acceptors (Lipinski definition) is 5. The van der Waals surface area contributed by atoms with Gasteiger partial charge in [-0.2, -0.15) is 5.26 Å². The number of nitriles is 1.